The minimum Gasteiger partial charge on any atom is -0.480 e. The Kier molecular flexibility index (Phi) is 3.66. The number of aliphatic carboxylic acids is 1. The molecule has 0 atom stereocenters. The third kappa shape index (κ3) is 3.29. The van der Waals surface area contributed by atoms with Crippen LogP contribution in [0.4, 0.5) is 10.1 Å². The molecule has 2 aromatic heterocycles. The van der Waals surface area contributed by atoms with Gasteiger partial charge in [-0.3, -0.25) is 14.2 Å². The Hall–Kier alpha value is -2.49. The summed E-state index contributed by atoms with van der Waals surface area (Å²) in [5.74, 6) is -1.88. The Bertz CT molecular complexity index is 726. The van der Waals surface area contributed by atoms with Gasteiger partial charge in [-0.2, -0.15) is 9.49 Å². The molecule has 0 fully saturated rings. The minimum absolute atomic E-state index is 0.0809. The highest BCUT2D eigenvalue weighted by Gasteiger charge is 2.17. The van der Waals surface area contributed by atoms with Crippen LogP contribution in [0.25, 0.3) is 0 Å². The number of anilines is 1. The zero-order chi connectivity index (χ0) is 14.8. The lowest BCUT2D eigenvalue weighted by Gasteiger charge is -2.05. The highest BCUT2D eigenvalue weighted by molar-refractivity contribution is 7.92. The number of carboxylic acids is 1. The van der Waals surface area contributed by atoms with Gasteiger partial charge in [0.15, 0.2) is 0 Å². The maximum Gasteiger partial charge on any atom is 0.325 e. The van der Waals surface area contributed by atoms with Crippen LogP contribution in [0.15, 0.2) is 35.6 Å². The molecule has 8 nitrogen and oxygen atoms in total. The Labute approximate surface area is 112 Å². The molecule has 2 N–H and O–H groups in total. The molecule has 0 aliphatic rings. The molecule has 20 heavy (non-hydrogen) atoms. The normalized spacial score (nSPS) is 11.2. The average molecular weight is 300 g/mol. The SMILES string of the molecule is O=C(O)Cn1cc(S(=O)(=O)Nc2ccc(F)nc2)cn1. The van der Waals surface area contributed by atoms with E-state index >= 15 is 0 Å². The molecular formula is C10H9FN4O4S. The molecule has 0 radical (unpaired) electrons. The fourth-order valence-corrected chi connectivity index (χ4v) is 2.35. The number of rotatable bonds is 5. The summed E-state index contributed by atoms with van der Waals surface area (Å²) >= 11 is 0. The largest absolute Gasteiger partial charge is 0.480 e. The monoisotopic (exact) mass is 300 g/mol. The third-order valence-corrected chi connectivity index (χ3v) is 3.53. The van der Waals surface area contributed by atoms with Crippen LogP contribution in [0.1, 0.15) is 0 Å². The van der Waals surface area contributed by atoms with Gasteiger partial charge < -0.3 is 5.11 Å². The van der Waals surface area contributed by atoms with E-state index in [0.29, 0.717) is 0 Å². The van der Waals surface area contributed by atoms with Crippen LogP contribution < -0.4 is 4.72 Å². The highest BCUT2D eigenvalue weighted by Crippen LogP contribution is 2.14. The Morgan fingerprint density at radius 1 is 1.40 bits per heavy atom. The summed E-state index contributed by atoms with van der Waals surface area (Å²) in [6.45, 7) is -0.451. The number of carbonyl (C=O) groups is 1. The van der Waals surface area contributed by atoms with Crippen molar-refractivity contribution in [3.05, 3.63) is 36.7 Å². The molecular weight excluding hydrogens is 291 g/mol. The number of carboxylic acid groups (broad SMARTS) is 1. The van der Waals surface area contributed by atoms with Crippen LogP contribution in [0.5, 0.6) is 0 Å². The average Bonchev–Trinajstić information content (AvgIpc) is 2.80. The van der Waals surface area contributed by atoms with E-state index < -0.39 is 28.5 Å². The van der Waals surface area contributed by atoms with Crippen LogP contribution in [-0.4, -0.2) is 34.3 Å². The number of hydrogen-bond donors (Lipinski definition) is 2. The van der Waals surface area contributed by atoms with Gasteiger partial charge in [-0.1, -0.05) is 0 Å². The quantitative estimate of drug-likeness (QED) is 0.768. The van der Waals surface area contributed by atoms with Gasteiger partial charge in [0.1, 0.15) is 11.4 Å². The zero-order valence-corrected chi connectivity index (χ0v) is 10.7. The first-order valence-corrected chi connectivity index (χ1v) is 6.74. The highest BCUT2D eigenvalue weighted by atomic mass is 32.2. The van der Waals surface area contributed by atoms with Gasteiger partial charge in [-0.05, 0) is 12.1 Å². The zero-order valence-electron chi connectivity index (χ0n) is 9.89. The summed E-state index contributed by atoms with van der Waals surface area (Å²) in [4.78, 5) is 13.6. The number of hydrogen-bond acceptors (Lipinski definition) is 5. The standard InChI is InChI=1S/C10H9FN4O4S/c11-9-2-1-7(3-12-9)14-20(18,19)8-4-13-15(5-8)6-10(16)17/h1-5,14H,6H2,(H,16,17). The van der Waals surface area contributed by atoms with Crippen LogP contribution in [-0.2, 0) is 21.4 Å². The van der Waals surface area contributed by atoms with Gasteiger partial charge >= 0.3 is 5.97 Å². The van der Waals surface area contributed by atoms with Crippen LogP contribution in [0.2, 0.25) is 0 Å². The molecule has 2 aromatic rings. The van der Waals surface area contributed by atoms with Crippen LogP contribution in [0, 0.1) is 5.95 Å². The topological polar surface area (TPSA) is 114 Å². The lowest BCUT2D eigenvalue weighted by atomic mass is 10.4. The molecule has 10 heteroatoms. The van der Waals surface area contributed by atoms with Gasteiger partial charge in [0.05, 0.1) is 18.1 Å². The van der Waals surface area contributed by atoms with E-state index in [-0.39, 0.29) is 10.6 Å². The Morgan fingerprint density at radius 2 is 2.15 bits per heavy atom. The van der Waals surface area contributed by atoms with Crippen molar-refractivity contribution in [2.75, 3.05) is 4.72 Å². The molecule has 0 aliphatic carbocycles. The summed E-state index contributed by atoms with van der Waals surface area (Å²) in [5.41, 5.74) is 0.0809. The smallest absolute Gasteiger partial charge is 0.325 e. The predicted octanol–water partition coefficient (Wildman–Crippen LogP) is 0.303. The molecule has 2 rings (SSSR count). The molecule has 0 bridgehead atoms. The van der Waals surface area contributed by atoms with E-state index in [0.717, 1.165) is 29.3 Å². The van der Waals surface area contributed by atoms with Crippen molar-refractivity contribution < 1.29 is 22.7 Å². The molecule has 0 saturated heterocycles. The van der Waals surface area contributed by atoms with Gasteiger partial charge in [-0.15, -0.1) is 0 Å². The van der Waals surface area contributed by atoms with Gasteiger partial charge in [0, 0.05) is 6.20 Å². The first-order valence-electron chi connectivity index (χ1n) is 5.25. The van der Waals surface area contributed by atoms with Crippen molar-refractivity contribution in [2.24, 2.45) is 0 Å². The summed E-state index contributed by atoms with van der Waals surface area (Å²) < 4.78 is 39.7. The third-order valence-electron chi connectivity index (χ3n) is 2.20. The lowest BCUT2D eigenvalue weighted by Crippen LogP contribution is -2.13. The molecule has 0 aliphatic heterocycles. The predicted molar refractivity (Wildman–Crippen MR) is 64.9 cm³/mol. The van der Waals surface area contributed by atoms with E-state index in [2.05, 4.69) is 14.8 Å². The maximum absolute atomic E-state index is 12.6. The molecule has 0 saturated carbocycles. The summed E-state index contributed by atoms with van der Waals surface area (Å²) in [7, 11) is -3.93. The van der Waals surface area contributed by atoms with Gasteiger partial charge in [0.25, 0.3) is 10.0 Å². The second-order valence-corrected chi connectivity index (χ2v) is 5.42. The van der Waals surface area contributed by atoms with Crippen molar-refractivity contribution in [3.8, 4) is 0 Å². The van der Waals surface area contributed by atoms with Crippen molar-refractivity contribution in [1.82, 2.24) is 14.8 Å². The summed E-state index contributed by atoms with van der Waals surface area (Å²) in [6.07, 6.45) is 3.12. The van der Waals surface area contributed by atoms with Crippen molar-refractivity contribution >= 4 is 21.7 Å². The van der Waals surface area contributed by atoms with Gasteiger partial charge in [0.2, 0.25) is 5.95 Å². The van der Waals surface area contributed by atoms with E-state index in [1.165, 1.54) is 6.07 Å². The number of sulfonamides is 1. The van der Waals surface area contributed by atoms with E-state index in [1.54, 1.807) is 0 Å². The van der Waals surface area contributed by atoms with E-state index in [9.17, 15) is 17.6 Å². The fraction of sp³-hybridized carbons (Fsp3) is 0.100. The first-order chi connectivity index (χ1) is 9.37. The number of pyridine rings is 1. The van der Waals surface area contributed by atoms with Crippen LogP contribution in [0.3, 0.4) is 0 Å². The van der Waals surface area contributed by atoms with Crippen molar-refractivity contribution in [2.45, 2.75) is 11.4 Å². The molecule has 106 valence electrons. The Morgan fingerprint density at radius 3 is 2.75 bits per heavy atom. The number of aromatic nitrogens is 3. The first kappa shape index (κ1) is 13.9. The van der Waals surface area contributed by atoms with Crippen molar-refractivity contribution in [1.29, 1.82) is 0 Å². The maximum atomic E-state index is 12.6. The van der Waals surface area contributed by atoms with Crippen molar-refractivity contribution in [3.63, 3.8) is 0 Å². The molecule has 0 aromatic carbocycles. The minimum atomic E-state index is -3.93. The Balaban J connectivity index is 2.19. The molecule has 0 unspecified atom stereocenters. The molecule has 0 amide bonds. The molecule has 2 heterocycles. The van der Waals surface area contributed by atoms with E-state index in [4.69, 9.17) is 5.11 Å². The second-order valence-electron chi connectivity index (χ2n) is 3.74. The van der Waals surface area contributed by atoms with Gasteiger partial charge in [-0.25, -0.2) is 13.4 Å². The summed E-state index contributed by atoms with van der Waals surface area (Å²) in [5, 5.41) is 12.2. The van der Waals surface area contributed by atoms with Crippen LogP contribution >= 0.6 is 0 Å². The number of halogens is 1. The number of nitrogens with one attached hydrogen (secondary N) is 1. The van der Waals surface area contributed by atoms with E-state index in [1.807, 2.05) is 0 Å². The fourth-order valence-electron chi connectivity index (χ4n) is 1.36. The lowest BCUT2D eigenvalue weighted by molar-refractivity contribution is -0.137. The number of nitrogens with zero attached hydrogens (tertiary/aromatic N) is 3. The second kappa shape index (κ2) is 5.25. The summed E-state index contributed by atoms with van der Waals surface area (Å²) in [6, 6.07) is 2.22. The molecule has 0 spiro atoms.